The summed E-state index contributed by atoms with van der Waals surface area (Å²) in [6, 6.07) is 16.1. The zero-order chi connectivity index (χ0) is 16.7. The summed E-state index contributed by atoms with van der Waals surface area (Å²) in [5.41, 5.74) is 5.55. The van der Waals surface area contributed by atoms with Crippen LogP contribution in [-0.2, 0) is 4.79 Å². The summed E-state index contributed by atoms with van der Waals surface area (Å²) in [6.45, 7) is 2.11. The number of nitrogens with one attached hydrogen (secondary N) is 1. The van der Waals surface area contributed by atoms with Crippen LogP contribution >= 0.6 is 22.9 Å². The lowest BCUT2D eigenvalue weighted by molar-refractivity contribution is -0.116. The number of aryl methyl sites for hydroxylation is 1. The first-order valence-corrected chi connectivity index (χ1v) is 9.12. The van der Waals surface area contributed by atoms with Gasteiger partial charge >= 0.3 is 0 Å². The quantitative estimate of drug-likeness (QED) is 0.615. The van der Waals surface area contributed by atoms with E-state index in [9.17, 15) is 4.79 Å². The zero-order valence-electron chi connectivity index (χ0n) is 13.2. The average Bonchev–Trinajstić information content (AvgIpc) is 2.99. The van der Waals surface area contributed by atoms with Crippen molar-refractivity contribution in [3.05, 3.63) is 74.9 Å². The maximum atomic E-state index is 12.3. The van der Waals surface area contributed by atoms with Crippen LogP contribution in [0.1, 0.15) is 28.3 Å². The molecule has 1 aromatic heterocycles. The predicted octanol–water partition coefficient (Wildman–Crippen LogP) is 5.85. The summed E-state index contributed by atoms with van der Waals surface area (Å²) in [5.74, 6) is 0.199. The Morgan fingerprint density at radius 3 is 2.62 bits per heavy atom. The van der Waals surface area contributed by atoms with E-state index in [0.717, 1.165) is 16.8 Å². The van der Waals surface area contributed by atoms with Crippen molar-refractivity contribution in [1.82, 2.24) is 0 Å². The molecule has 0 fully saturated rings. The molecule has 0 saturated heterocycles. The molecule has 2 heterocycles. The Labute approximate surface area is 150 Å². The van der Waals surface area contributed by atoms with Crippen molar-refractivity contribution < 1.29 is 4.79 Å². The van der Waals surface area contributed by atoms with E-state index in [2.05, 4.69) is 29.8 Å². The van der Waals surface area contributed by atoms with Gasteiger partial charge in [-0.15, -0.1) is 11.3 Å². The maximum Gasteiger partial charge on any atom is 0.225 e. The van der Waals surface area contributed by atoms with E-state index in [1.54, 1.807) is 11.3 Å². The number of anilines is 1. The fourth-order valence-corrected chi connectivity index (χ4v) is 4.58. The van der Waals surface area contributed by atoms with Crippen LogP contribution in [0.15, 0.2) is 53.9 Å². The zero-order valence-corrected chi connectivity index (χ0v) is 14.7. The van der Waals surface area contributed by atoms with Crippen molar-refractivity contribution in [3.8, 4) is 11.1 Å². The molecule has 0 spiro atoms. The molecule has 0 aliphatic carbocycles. The van der Waals surface area contributed by atoms with Gasteiger partial charge in [0, 0.05) is 33.2 Å². The fourth-order valence-electron chi connectivity index (χ4n) is 3.30. The number of benzene rings is 2. The molecule has 0 bridgehead atoms. The number of hydrogen-bond acceptors (Lipinski definition) is 2. The molecule has 0 saturated carbocycles. The Morgan fingerprint density at radius 2 is 1.88 bits per heavy atom. The Kier molecular flexibility index (Phi) is 3.91. The van der Waals surface area contributed by atoms with Gasteiger partial charge in [-0.3, -0.25) is 4.79 Å². The van der Waals surface area contributed by atoms with Gasteiger partial charge in [0.05, 0.1) is 5.69 Å². The second kappa shape index (κ2) is 6.08. The third kappa shape index (κ3) is 2.64. The van der Waals surface area contributed by atoms with Gasteiger partial charge in [-0.25, -0.2) is 0 Å². The Bertz CT molecular complexity index is 914. The van der Waals surface area contributed by atoms with Gasteiger partial charge in [0.15, 0.2) is 0 Å². The second-order valence-corrected chi connectivity index (χ2v) is 7.40. The minimum atomic E-state index is 0.0735. The number of carbonyl (C=O) groups excluding carboxylic acids is 1. The lowest BCUT2D eigenvalue weighted by atomic mass is 9.87. The van der Waals surface area contributed by atoms with Gasteiger partial charge in [-0.1, -0.05) is 48.0 Å². The number of thiophene rings is 1. The van der Waals surface area contributed by atoms with Gasteiger partial charge in [0.1, 0.15) is 0 Å². The Balaban J connectivity index is 1.83. The molecule has 2 aromatic carbocycles. The highest BCUT2D eigenvalue weighted by Gasteiger charge is 2.30. The van der Waals surface area contributed by atoms with E-state index in [1.165, 1.54) is 16.0 Å². The van der Waals surface area contributed by atoms with E-state index in [1.807, 2.05) is 36.4 Å². The number of carbonyl (C=O) groups is 1. The number of rotatable bonds is 2. The van der Waals surface area contributed by atoms with Crippen LogP contribution in [-0.4, -0.2) is 5.91 Å². The summed E-state index contributed by atoms with van der Waals surface area (Å²) >= 11 is 7.71. The highest BCUT2D eigenvalue weighted by atomic mass is 35.5. The molecule has 0 unspecified atom stereocenters. The van der Waals surface area contributed by atoms with Crippen molar-refractivity contribution in [2.75, 3.05) is 5.32 Å². The molecular weight excluding hydrogens is 338 g/mol. The highest BCUT2D eigenvalue weighted by molar-refractivity contribution is 7.11. The molecule has 24 heavy (non-hydrogen) atoms. The van der Waals surface area contributed by atoms with Crippen LogP contribution in [0.3, 0.4) is 0 Å². The van der Waals surface area contributed by atoms with Crippen molar-refractivity contribution in [3.63, 3.8) is 0 Å². The van der Waals surface area contributed by atoms with Crippen molar-refractivity contribution in [2.24, 2.45) is 0 Å². The molecule has 120 valence electrons. The van der Waals surface area contributed by atoms with Crippen molar-refractivity contribution in [2.45, 2.75) is 19.3 Å². The highest BCUT2D eigenvalue weighted by Crippen LogP contribution is 2.47. The monoisotopic (exact) mass is 353 g/mol. The summed E-state index contributed by atoms with van der Waals surface area (Å²) in [4.78, 5) is 13.6. The van der Waals surface area contributed by atoms with E-state index in [0.29, 0.717) is 11.4 Å². The second-order valence-electron chi connectivity index (χ2n) is 6.06. The van der Waals surface area contributed by atoms with Crippen LogP contribution in [0.2, 0.25) is 5.02 Å². The molecule has 1 N–H and O–H groups in total. The van der Waals surface area contributed by atoms with Crippen LogP contribution in [0.4, 0.5) is 5.69 Å². The van der Waals surface area contributed by atoms with Gasteiger partial charge < -0.3 is 5.32 Å². The van der Waals surface area contributed by atoms with Crippen LogP contribution in [0, 0.1) is 6.92 Å². The summed E-state index contributed by atoms with van der Waals surface area (Å²) < 4.78 is 0. The Morgan fingerprint density at radius 1 is 1.12 bits per heavy atom. The SMILES string of the molecule is Cc1ccccc1[C@H]1CC(=O)Nc2c(-c3ccc(Cl)cc3)csc21. The predicted molar refractivity (Wildman–Crippen MR) is 101 cm³/mol. The molecule has 4 heteroatoms. The van der Waals surface area contributed by atoms with E-state index >= 15 is 0 Å². The first-order chi connectivity index (χ1) is 11.6. The molecule has 1 aliphatic heterocycles. The largest absolute Gasteiger partial charge is 0.325 e. The summed E-state index contributed by atoms with van der Waals surface area (Å²) in [6.07, 6.45) is 0.498. The smallest absolute Gasteiger partial charge is 0.225 e. The van der Waals surface area contributed by atoms with Crippen molar-refractivity contribution >= 4 is 34.5 Å². The molecule has 1 amide bonds. The third-order valence-electron chi connectivity index (χ3n) is 4.51. The minimum absolute atomic E-state index is 0.0735. The first kappa shape index (κ1) is 15.4. The lowest BCUT2D eigenvalue weighted by Crippen LogP contribution is -2.22. The van der Waals surface area contributed by atoms with E-state index in [-0.39, 0.29) is 11.8 Å². The molecule has 0 radical (unpaired) electrons. The molecular formula is C20H16ClNOS. The van der Waals surface area contributed by atoms with Gasteiger partial charge in [0.25, 0.3) is 0 Å². The topological polar surface area (TPSA) is 29.1 Å². The summed E-state index contributed by atoms with van der Waals surface area (Å²) in [7, 11) is 0. The average molecular weight is 354 g/mol. The fraction of sp³-hybridized carbons (Fsp3) is 0.150. The standard InChI is InChI=1S/C20H16ClNOS/c1-12-4-2-3-5-15(12)16-10-18(23)22-19-17(11-24-20(16)19)13-6-8-14(21)9-7-13/h2-9,11,16H,10H2,1H3,(H,22,23)/t16-/m1/s1. The van der Waals surface area contributed by atoms with Gasteiger partial charge in [-0.05, 0) is 35.7 Å². The number of halogens is 1. The molecule has 1 aliphatic rings. The normalized spacial score (nSPS) is 16.6. The maximum absolute atomic E-state index is 12.3. The van der Waals surface area contributed by atoms with Crippen molar-refractivity contribution in [1.29, 1.82) is 0 Å². The molecule has 4 rings (SSSR count). The van der Waals surface area contributed by atoms with Gasteiger partial charge in [-0.2, -0.15) is 0 Å². The minimum Gasteiger partial charge on any atom is -0.325 e. The van der Waals surface area contributed by atoms with E-state index in [4.69, 9.17) is 11.6 Å². The number of hydrogen-bond donors (Lipinski definition) is 1. The molecule has 3 aromatic rings. The van der Waals surface area contributed by atoms with Crippen LogP contribution in [0.5, 0.6) is 0 Å². The number of amides is 1. The first-order valence-electron chi connectivity index (χ1n) is 7.86. The third-order valence-corrected chi connectivity index (χ3v) is 5.86. The van der Waals surface area contributed by atoms with Gasteiger partial charge in [0.2, 0.25) is 5.91 Å². The Hall–Kier alpha value is -2.10. The molecule has 1 atom stereocenters. The van der Waals surface area contributed by atoms with Crippen LogP contribution < -0.4 is 5.32 Å². The lowest BCUT2D eigenvalue weighted by Gasteiger charge is -2.25. The summed E-state index contributed by atoms with van der Waals surface area (Å²) in [5, 5.41) is 5.92. The van der Waals surface area contributed by atoms with E-state index < -0.39 is 0 Å². The molecule has 2 nitrogen and oxygen atoms in total. The number of fused-ring (bicyclic) bond motifs is 1. The van der Waals surface area contributed by atoms with Crippen LogP contribution in [0.25, 0.3) is 11.1 Å².